The normalized spacial score (nSPS) is 14.7. The number of aliphatic carboxylic acids is 1. The SMILES string of the molecule is CON(O)C1=CC=C(C(=O)NCC(=O)N[C@@H](CSC/C=C(\C)CC/C=C(\C)CCC=C(C)C)C(=O)O)CC1. The van der Waals surface area contributed by atoms with Crippen molar-refractivity contribution in [1.29, 1.82) is 0 Å². The Morgan fingerprint density at radius 2 is 1.71 bits per heavy atom. The Balaban J connectivity index is 2.38. The lowest BCUT2D eigenvalue weighted by Gasteiger charge is -2.20. The number of carboxylic acids is 1. The average Bonchev–Trinajstić information content (AvgIpc) is 2.88. The second kappa shape index (κ2) is 18.4. The van der Waals surface area contributed by atoms with Gasteiger partial charge >= 0.3 is 5.97 Å². The smallest absolute Gasteiger partial charge is 0.327 e. The summed E-state index contributed by atoms with van der Waals surface area (Å²) in [6.07, 6.45) is 14.6. The van der Waals surface area contributed by atoms with Crippen LogP contribution in [0.3, 0.4) is 0 Å². The zero-order valence-electron chi connectivity index (χ0n) is 23.2. The molecule has 0 bridgehead atoms. The third-order valence-electron chi connectivity index (χ3n) is 5.84. The van der Waals surface area contributed by atoms with Crippen molar-refractivity contribution in [1.82, 2.24) is 15.9 Å². The second-order valence-electron chi connectivity index (χ2n) is 9.44. The fraction of sp³-hybridized carbons (Fsp3) is 0.536. The van der Waals surface area contributed by atoms with Crippen molar-refractivity contribution in [3.8, 4) is 0 Å². The van der Waals surface area contributed by atoms with E-state index in [0.29, 0.717) is 35.1 Å². The average molecular weight is 550 g/mol. The first-order valence-corrected chi connectivity index (χ1v) is 13.9. The number of nitrogens with one attached hydrogen (secondary N) is 2. The van der Waals surface area contributed by atoms with Crippen LogP contribution in [-0.4, -0.2) is 64.5 Å². The summed E-state index contributed by atoms with van der Waals surface area (Å²) in [5.74, 6) is -1.23. The zero-order chi connectivity index (χ0) is 28.5. The van der Waals surface area contributed by atoms with E-state index < -0.39 is 23.8 Å². The van der Waals surface area contributed by atoms with Crippen molar-refractivity contribution in [2.75, 3.05) is 25.2 Å². The molecular formula is C28H43N3O6S. The van der Waals surface area contributed by atoms with Crippen molar-refractivity contribution in [2.24, 2.45) is 0 Å². The molecule has 10 heteroatoms. The van der Waals surface area contributed by atoms with Gasteiger partial charge in [0, 0.05) is 17.1 Å². The van der Waals surface area contributed by atoms with Gasteiger partial charge in [0.05, 0.1) is 19.4 Å². The molecule has 9 nitrogen and oxygen atoms in total. The van der Waals surface area contributed by atoms with Gasteiger partial charge < -0.3 is 15.7 Å². The van der Waals surface area contributed by atoms with Crippen LogP contribution in [0.5, 0.6) is 0 Å². The molecule has 0 unspecified atom stereocenters. The fourth-order valence-electron chi connectivity index (χ4n) is 3.51. The van der Waals surface area contributed by atoms with Crippen LogP contribution in [0, 0.1) is 0 Å². The molecule has 0 aromatic heterocycles. The summed E-state index contributed by atoms with van der Waals surface area (Å²) < 4.78 is 0. The van der Waals surface area contributed by atoms with Crippen molar-refractivity contribution in [3.63, 3.8) is 0 Å². The van der Waals surface area contributed by atoms with Gasteiger partial charge in [-0.1, -0.05) is 41.0 Å². The Kier molecular flexibility index (Phi) is 16.1. The summed E-state index contributed by atoms with van der Waals surface area (Å²) in [6, 6.07) is -1.05. The summed E-state index contributed by atoms with van der Waals surface area (Å²) in [5.41, 5.74) is 4.94. The van der Waals surface area contributed by atoms with Gasteiger partial charge in [-0.05, 0) is 72.3 Å². The monoisotopic (exact) mass is 549 g/mol. The van der Waals surface area contributed by atoms with Crippen molar-refractivity contribution >= 4 is 29.5 Å². The minimum atomic E-state index is -1.12. The molecule has 0 aromatic rings. The molecule has 1 aliphatic rings. The Bertz CT molecular complexity index is 964. The van der Waals surface area contributed by atoms with Crippen LogP contribution in [0.4, 0.5) is 0 Å². The van der Waals surface area contributed by atoms with E-state index in [0.717, 1.165) is 25.7 Å². The van der Waals surface area contributed by atoms with Crippen LogP contribution in [0.15, 0.2) is 58.4 Å². The molecule has 0 saturated heterocycles. The lowest BCUT2D eigenvalue weighted by Crippen LogP contribution is -2.47. The van der Waals surface area contributed by atoms with Gasteiger partial charge in [0.2, 0.25) is 11.8 Å². The van der Waals surface area contributed by atoms with Crippen LogP contribution in [0.2, 0.25) is 0 Å². The van der Waals surface area contributed by atoms with Crippen LogP contribution in [-0.2, 0) is 19.2 Å². The first-order valence-electron chi connectivity index (χ1n) is 12.8. The number of thioether (sulfide) groups is 1. The van der Waals surface area contributed by atoms with E-state index in [-0.39, 0.29) is 12.3 Å². The minimum absolute atomic E-state index is 0.220. The molecule has 38 heavy (non-hydrogen) atoms. The maximum atomic E-state index is 12.3. The molecule has 4 N–H and O–H groups in total. The molecule has 0 saturated carbocycles. The molecule has 1 rings (SSSR count). The highest BCUT2D eigenvalue weighted by atomic mass is 32.2. The predicted octanol–water partition coefficient (Wildman–Crippen LogP) is 4.68. The maximum absolute atomic E-state index is 12.3. The number of nitrogens with zero attached hydrogens (tertiary/aromatic N) is 1. The Morgan fingerprint density at radius 3 is 2.29 bits per heavy atom. The predicted molar refractivity (Wildman–Crippen MR) is 151 cm³/mol. The molecule has 1 aliphatic carbocycles. The number of rotatable bonds is 17. The molecule has 0 radical (unpaired) electrons. The van der Waals surface area contributed by atoms with Gasteiger partial charge in [0.25, 0.3) is 0 Å². The zero-order valence-corrected chi connectivity index (χ0v) is 24.0. The lowest BCUT2D eigenvalue weighted by atomic mass is 10.0. The van der Waals surface area contributed by atoms with E-state index in [1.54, 1.807) is 12.2 Å². The summed E-state index contributed by atoms with van der Waals surface area (Å²) in [5, 5.41) is 24.6. The molecule has 0 spiro atoms. The molecule has 0 aliphatic heterocycles. The van der Waals surface area contributed by atoms with Crippen LogP contribution >= 0.6 is 11.8 Å². The van der Waals surface area contributed by atoms with Gasteiger partial charge in [-0.15, -0.1) is 5.23 Å². The Hall–Kier alpha value is -2.82. The Labute approximate surface area is 230 Å². The number of amides is 2. The van der Waals surface area contributed by atoms with Gasteiger partial charge in [0.15, 0.2) is 0 Å². The number of carbonyl (C=O) groups is 3. The second-order valence-corrected chi connectivity index (χ2v) is 10.5. The fourth-order valence-corrected chi connectivity index (χ4v) is 4.51. The number of carboxylic acid groups (broad SMARTS) is 1. The summed E-state index contributed by atoms with van der Waals surface area (Å²) in [6.45, 7) is 8.12. The number of hydroxylamine groups is 2. The first kappa shape index (κ1) is 33.2. The standard InChI is InChI=1S/C28H43N3O6S/c1-20(2)8-6-9-21(3)10-7-11-22(4)16-17-38-19-25(28(34)35)30-26(32)18-29-27(33)23-12-14-24(15-13-23)31(36)37-5/h8,10,12,14,16,25,36H,6-7,9,11,13,15,17-19H2,1-5H3,(H,29,33)(H,30,32)(H,34,35)/b21-10+,22-16+/t25-/m0/s1. The van der Waals surface area contributed by atoms with Crippen molar-refractivity contribution in [2.45, 2.75) is 72.3 Å². The summed E-state index contributed by atoms with van der Waals surface area (Å²) in [7, 11) is 1.32. The van der Waals surface area contributed by atoms with E-state index in [1.165, 1.54) is 35.6 Å². The molecule has 212 valence electrons. The van der Waals surface area contributed by atoms with Gasteiger partial charge in [0.1, 0.15) is 6.04 Å². The van der Waals surface area contributed by atoms with E-state index in [9.17, 15) is 24.7 Å². The highest BCUT2D eigenvalue weighted by Gasteiger charge is 2.21. The summed E-state index contributed by atoms with van der Waals surface area (Å²) in [4.78, 5) is 40.8. The number of hydrogen-bond acceptors (Lipinski definition) is 7. The molecule has 0 heterocycles. The van der Waals surface area contributed by atoms with Crippen molar-refractivity contribution < 1.29 is 29.5 Å². The van der Waals surface area contributed by atoms with E-state index >= 15 is 0 Å². The topological polar surface area (TPSA) is 128 Å². The Morgan fingerprint density at radius 1 is 1.05 bits per heavy atom. The van der Waals surface area contributed by atoms with Gasteiger partial charge in [-0.25, -0.2) is 4.79 Å². The molecule has 2 amide bonds. The minimum Gasteiger partial charge on any atom is -0.480 e. The van der Waals surface area contributed by atoms with Crippen LogP contribution < -0.4 is 10.6 Å². The highest BCUT2D eigenvalue weighted by molar-refractivity contribution is 7.99. The maximum Gasteiger partial charge on any atom is 0.327 e. The van der Waals surface area contributed by atoms with Gasteiger partial charge in [-0.2, -0.15) is 11.8 Å². The highest BCUT2D eigenvalue weighted by Crippen LogP contribution is 2.20. The van der Waals surface area contributed by atoms with Crippen LogP contribution in [0.25, 0.3) is 0 Å². The largest absolute Gasteiger partial charge is 0.480 e. The lowest BCUT2D eigenvalue weighted by molar-refractivity contribution is -0.300. The van der Waals surface area contributed by atoms with E-state index in [4.69, 9.17) is 0 Å². The number of carbonyl (C=O) groups excluding carboxylic acids is 2. The third-order valence-corrected chi connectivity index (χ3v) is 6.81. The molecule has 0 aromatic carbocycles. The molecule has 1 atom stereocenters. The number of allylic oxidation sites excluding steroid dienone is 8. The van der Waals surface area contributed by atoms with Crippen molar-refractivity contribution in [3.05, 3.63) is 58.4 Å². The summed E-state index contributed by atoms with van der Waals surface area (Å²) >= 11 is 1.43. The quantitative estimate of drug-likeness (QED) is 0.117. The molecular weight excluding hydrogens is 506 g/mol. The van der Waals surface area contributed by atoms with E-state index in [2.05, 4.69) is 61.4 Å². The third kappa shape index (κ3) is 14.2. The molecule has 0 fully saturated rings. The van der Waals surface area contributed by atoms with Crippen LogP contribution in [0.1, 0.15) is 66.2 Å². The number of hydrogen-bond donors (Lipinski definition) is 4. The first-order chi connectivity index (χ1) is 18.0. The van der Waals surface area contributed by atoms with Gasteiger partial charge in [-0.3, -0.25) is 19.6 Å². The van der Waals surface area contributed by atoms with E-state index in [1.807, 2.05) is 0 Å².